The second kappa shape index (κ2) is 5.73. The zero-order chi connectivity index (χ0) is 13.8. The predicted molar refractivity (Wildman–Crippen MR) is 66.6 cm³/mol. The topological polar surface area (TPSA) is 84.7 Å². The van der Waals surface area contributed by atoms with Crippen LogP contribution in [0.1, 0.15) is 18.6 Å². The van der Waals surface area contributed by atoms with Crippen molar-refractivity contribution in [3.05, 3.63) is 11.8 Å². The molecule has 104 valence electrons. The van der Waals surface area contributed by atoms with Gasteiger partial charge < -0.3 is 19.5 Å². The van der Waals surface area contributed by atoms with Gasteiger partial charge in [-0.25, -0.2) is 4.79 Å². The molecule has 0 atom stereocenters. The van der Waals surface area contributed by atoms with E-state index in [0.717, 1.165) is 0 Å². The summed E-state index contributed by atoms with van der Waals surface area (Å²) >= 11 is 0. The Morgan fingerprint density at radius 3 is 2.68 bits per heavy atom. The number of carbonyl (C=O) groups excluding carboxylic acids is 2. The van der Waals surface area contributed by atoms with E-state index in [1.165, 1.54) is 7.11 Å². The summed E-state index contributed by atoms with van der Waals surface area (Å²) < 4.78 is 9.53. The first kappa shape index (κ1) is 13.4. The molecule has 7 nitrogen and oxygen atoms in total. The van der Waals surface area contributed by atoms with Crippen molar-refractivity contribution in [2.45, 2.75) is 19.8 Å². The van der Waals surface area contributed by atoms with E-state index in [-0.39, 0.29) is 17.9 Å². The van der Waals surface area contributed by atoms with Gasteiger partial charge in [-0.1, -0.05) is 5.16 Å². The third-order valence-electron chi connectivity index (χ3n) is 3.18. The maximum absolute atomic E-state index is 12.0. The van der Waals surface area contributed by atoms with Gasteiger partial charge in [-0.05, 0) is 19.8 Å². The number of hydrogen-bond donors (Lipinski definition) is 1. The Hall–Kier alpha value is -2.05. The molecule has 1 aromatic heterocycles. The monoisotopic (exact) mass is 267 g/mol. The van der Waals surface area contributed by atoms with Gasteiger partial charge in [0, 0.05) is 25.1 Å². The fourth-order valence-corrected chi connectivity index (χ4v) is 2.11. The van der Waals surface area contributed by atoms with Crippen molar-refractivity contribution in [3.63, 3.8) is 0 Å². The van der Waals surface area contributed by atoms with Gasteiger partial charge >= 0.3 is 6.09 Å². The van der Waals surface area contributed by atoms with E-state index in [9.17, 15) is 9.59 Å². The molecule has 1 aromatic rings. The largest absolute Gasteiger partial charge is 0.453 e. The lowest BCUT2D eigenvalue weighted by atomic mass is 9.96. The molecule has 0 spiro atoms. The summed E-state index contributed by atoms with van der Waals surface area (Å²) in [5, 5.41) is 6.43. The summed E-state index contributed by atoms with van der Waals surface area (Å²) in [5.74, 6) is 0.879. The van der Waals surface area contributed by atoms with Gasteiger partial charge in [0.25, 0.3) is 0 Å². The number of aromatic nitrogens is 1. The summed E-state index contributed by atoms with van der Waals surface area (Å²) in [5.41, 5.74) is 0. The second-order valence-electron chi connectivity index (χ2n) is 4.54. The highest BCUT2D eigenvalue weighted by atomic mass is 16.5. The average molecular weight is 267 g/mol. The molecular formula is C12H17N3O4. The quantitative estimate of drug-likeness (QED) is 0.875. The first-order chi connectivity index (χ1) is 9.10. The van der Waals surface area contributed by atoms with Crippen LogP contribution in [-0.2, 0) is 9.53 Å². The number of nitrogens with zero attached hydrogens (tertiary/aromatic N) is 2. The maximum Gasteiger partial charge on any atom is 0.409 e. The van der Waals surface area contributed by atoms with Crippen LogP contribution in [0.3, 0.4) is 0 Å². The molecule has 1 aliphatic heterocycles. The number of piperidine rings is 1. The van der Waals surface area contributed by atoms with Crippen molar-refractivity contribution in [2.24, 2.45) is 5.92 Å². The highest BCUT2D eigenvalue weighted by Crippen LogP contribution is 2.19. The Bertz CT molecular complexity index is 463. The normalized spacial score (nSPS) is 16.2. The van der Waals surface area contributed by atoms with Crippen molar-refractivity contribution in [3.8, 4) is 0 Å². The van der Waals surface area contributed by atoms with Crippen LogP contribution in [-0.4, -0.2) is 42.3 Å². The summed E-state index contributed by atoms with van der Waals surface area (Å²) in [4.78, 5) is 24.9. The molecule has 1 saturated heterocycles. The van der Waals surface area contributed by atoms with Gasteiger partial charge in [0.1, 0.15) is 5.76 Å². The molecular weight excluding hydrogens is 250 g/mol. The van der Waals surface area contributed by atoms with Crippen molar-refractivity contribution in [1.29, 1.82) is 0 Å². The lowest BCUT2D eigenvalue weighted by Crippen LogP contribution is -2.41. The van der Waals surface area contributed by atoms with E-state index in [1.807, 2.05) is 0 Å². The minimum atomic E-state index is -0.342. The minimum absolute atomic E-state index is 0.0854. The van der Waals surface area contributed by atoms with Crippen LogP contribution in [0.5, 0.6) is 0 Å². The number of nitrogens with one attached hydrogen (secondary N) is 1. The van der Waals surface area contributed by atoms with Crippen LogP contribution in [0.25, 0.3) is 0 Å². The smallest absolute Gasteiger partial charge is 0.409 e. The maximum atomic E-state index is 12.0. The molecule has 2 amide bonds. The number of hydrogen-bond acceptors (Lipinski definition) is 5. The van der Waals surface area contributed by atoms with Crippen LogP contribution < -0.4 is 5.32 Å². The minimum Gasteiger partial charge on any atom is -0.453 e. The van der Waals surface area contributed by atoms with Crippen LogP contribution in [0.2, 0.25) is 0 Å². The first-order valence-electron chi connectivity index (χ1n) is 6.17. The molecule has 0 radical (unpaired) electrons. The van der Waals surface area contributed by atoms with E-state index < -0.39 is 0 Å². The molecule has 0 unspecified atom stereocenters. The van der Waals surface area contributed by atoms with Gasteiger partial charge in [-0.15, -0.1) is 0 Å². The first-order valence-corrected chi connectivity index (χ1v) is 6.17. The predicted octanol–water partition coefficient (Wildman–Crippen LogP) is 1.40. The fraction of sp³-hybridized carbons (Fsp3) is 0.583. The zero-order valence-electron chi connectivity index (χ0n) is 11.0. The van der Waals surface area contributed by atoms with Gasteiger partial charge in [-0.3, -0.25) is 4.79 Å². The van der Waals surface area contributed by atoms with E-state index in [2.05, 4.69) is 15.2 Å². The van der Waals surface area contributed by atoms with E-state index in [0.29, 0.717) is 37.5 Å². The van der Waals surface area contributed by atoms with Crippen molar-refractivity contribution < 1.29 is 18.8 Å². The molecule has 2 rings (SSSR count). The van der Waals surface area contributed by atoms with Crippen molar-refractivity contribution >= 4 is 17.8 Å². The van der Waals surface area contributed by atoms with Gasteiger partial charge in [0.15, 0.2) is 5.82 Å². The molecule has 7 heteroatoms. The summed E-state index contributed by atoms with van der Waals surface area (Å²) in [6, 6.07) is 1.67. The molecule has 0 aromatic carbocycles. The number of amides is 2. The van der Waals surface area contributed by atoms with Crippen LogP contribution in [0.4, 0.5) is 10.6 Å². The standard InChI is InChI=1S/C12H17N3O4/c1-8-7-10(14-19-8)13-11(16)9-3-5-15(6-4-9)12(17)18-2/h7,9H,3-6H2,1-2H3,(H,13,14,16). The number of rotatable bonds is 2. The zero-order valence-corrected chi connectivity index (χ0v) is 11.0. The SMILES string of the molecule is COC(=O)N1CCC(C(=O)Nc2cc(C)on2)CC1. The van der Waals surface area contributed by atoms with Crippen molar-refractivity contribution in [2.75, 3.05) is 25.5 Å². The molecule has 1 fully saturated rings. The van der Waals surface area contributed by atoms with Gasteiger partial charge in [0.05, 0.1) is 7.11 Å². The Morgan fingerprint density at radius 1 is 1.47 bits per heavy atom. The van der Waals surface area contributed by atoms with Gasteiger partial charge in [0.2, 0.25) is 5.91 Å². The Labute approximate surface area is 110 Å². The third-order valence-corrected chi connectivity index (χ3v) is 3.18. The van der Waals surface area contributed by atoms with Crippen LogP contribution >= 0.6 is 0 Å². The number of carbonyl (C=O) groups is 2. The highest BCUT2D eigenvalue weighted by molar-refractivity contribution is 5.91. The number of likely N-dealkylation sites (tertiary alicyclic amines) is 1. The number of anilines is 1. The molecule has 0 aliphatic carbocycles. The molecule has 0 saturated carbocycles. The van der Waals surface area contributed by atoms with Crippen LogP contribution in [0.15, 0.2) is 10.6 Å². The van der Waals surface area contributed by atoms with Crippen LogP contribution in [0, 0.1) is 12.8 Å². The summed E-state index contributed by atoms with van der Waals surface area (Å²) in [6.45, 7) is 2.82. The van der Waals surface area contributed by atoms with Crippen molar-refractivity contribution in [1.82, 2.24) is 10.1 Å². The lowest BCUT2D eigenvalue weighted by Gasteiger charge is -2.29. The number of methoxy groups -OCH3 is 1. The Morgan fingerprint density at radius 2 is 2.16 bits per heavy atom. The average Bonchev–Trinajstić information content (AvgIpc) is 2.83. The molecule has 2 heterocycles. The fourth-order valence-electron chi connectivity index (χ4n) is 2.11. The molecule has 19 heavy (non-hydrogen) atoms. The van der Waals surface area contributed by atoms with Gasteiger partial charge in [-0.2, -0.15) is 0 Å². The Kier molecular flexibility index (Phi) is 4.03. The molecule has 1 aliphatic rings. The molecule has 0 bridgehead atoms. The third kappa shape index (κ3) is 3.24. The molecule has 1 N–H and O–H groups in total. The second-order valence-corrected chi connectivity index (χ2v) is 4.54. The number of ether oxygens (including phenoxy) is 1. The van der Waals surface area contributed by atoms with E-state index >= 15 is 0 Å². The van der Waals surface area contributed by atoms with E-state index in [1.54, 1.807) is 17.9 Å². The van der Waals surface area contributed by atoms with E-state index in [4.69, 9.17) is 4.52 Å². The highest BCUT2D eigenvalue weighted by Gasteiger charge is 2.28. The summed E-state index contributed by atoms with van der Waals surface area (Å²) in [6.07, 6.45) is 0.904. The Balaban J connectivity index is 1.84. The summed E-state index contributed by atoms with van der Waals surface area (Å²) in [7, 11) is 1.36. The lowest BCUT2D eigenvalue weighted by molar-refractivity contribution is -0.121. The number of aryl methyl sites for hydroxylation is 1.